The zero-order chi connectivity index (χ0) is 20.5. The molecule has 156 valence electrons. The average Bonchev–Trinajstić information content (AvgIpc) is 3.41. The summed E-state index contributed by atoms with van der Waals surface area (Å²) >= 11 is 0. The van der Waals surface area contributed by atoms with Crippen molar-refractivity contribution < 1.29 is 18.7 Å². The Hall–Kier alpha value is -2.66. The fraction of sp³-hybridized carbons (Fsp3) is 0.440. The minimum Gasteiger partial charge on any atom is -0.494 e. The number of carbonyl (C=O) groups excluding carboxylic acids is 2. The SMILES string of the molecule is O=C1CCC(c2coc3ccc4cc(OCCCN5CCCC5)ccc4c23)C(=O)C1. The van der Waals surface area contributed by atoms with Crippen molar-refractivity contribution in [1.82, 2.24) is 4.90 Å². The predicted molar refractivity (Wildman–Crippen MR) is 116 cm³/mol. The van der Waals surface area contributed by atoms with E-state index < -0.39 is 0 Å². The molecule has 1 saturated heterocycles. The number of benzene rings is 2. The molecule has 0 amide bonds. The molecule has 1 unspecified atom stereocenters. The number of likely N-dealkylation sites (tertiary alicyclic amines) is 1. The fourth-order valence-electron chi connectivity index (χ4n) is 4.90. The molecule has 1 aliphatic carbocycles. The standard InChI is InChI=1S/C25H27NO4/c27-18-5-7-21(23(28)15-18)22-16-30-24-9-4-17-14-19(6-8-20(17)25(22)24)29-13-3-12-26-10-1-2-11-26/h4,6,8-9,14,16,21H,1-3,5,7,10-13,15H2. The van der Waals surface area contributed by atoms with E-state index in [2.05, 4.69) is 17.0 Å². The molecule has 2 heterocycles. The van der Waals surface area contributed by atoms with Gasteiger partial charge in [-0.05, 0) is 73.8 Å². The van der Waals surface area contributed by atoms with Crippen LogP contribution in [0.25, 0.3) is 21.7 Å². The Balaban J connectivity index is 1.36. The van der Waals surface area contributed by atoms with E-state index in [0.29, 0.717) is 19.4 Å². The second-order valence-corrected chi connectivity index (χ2v) is 8.54. The second kappa shape index (κ2) is 8.23. The summed E-state index contributed by atoms with van der Waals surface area (Å²) in [6, 6.07) is 10.1. The largest absolute Gasteiger partial charge is 0.494 e. The van der Waals surface area contributed by atoms with Gasteiger partial charge < -0.3 is 14.1 Å². The summed E-state index contributed by atoms with van der Waals surface area (Å²) < 4.78 is 11.8. The highest BCUT2D eigenvalue weighted by molar-refractivity contribution is 6.11. The molecule has 2 aliphatic rings. The summed E-state index contributed by atoms with van der Waals surface area (Å²) in [6.45, 7) is 4.25. The van der Waals surface area contributed by atoms with Crippen LogP contribution in [0.4, 0.5) is 0 Å². The van der Waals surface area contributed by atoms with Crippen LogP contribution in [-0.2, 0) is 9.59 Å². The molecule has 3 aromatic rings. The first kappa shape index (κ1) is 19.3. The molecular formula is C25H27NO4. The third-order valence-corrected chi connectivity index (χ3v) is 6.49. The number of furan rings is 1. The molecule has 1 aromatic heterocycles. The number of nitrogens with zero attached hydrogens (tertiary/aromatic N) is 1. The van der Waals surface area contributed by atoms with E-state index in [4.69, 9.17) is 9.15 Å². The number of hydrogen-bond donors (Lipinski definition) is 0. The van der Waals surface area contributed by atoms with E-state index in [9.17, 15) is 9.59 Å². The van der Waals surface area contributed by atoms with E-state index in [1.165, 1.54) is 25.9 Å². The quantitative estimate of drug-likeness (QED) is 0.433. The summed E-state index contributed by atoms with van der Waals surface area (Å²) in [5.74, 6) is 0.660. The zero-order valence-electron chi connectivity index (χ0n) is 17.2. The predicted octanol–water partition coefficient (Wildman–Crippen LogP) is 4.86. The van der Waals surface area contributed by atoms with Crippen molar-refractivity contribution in [2.75, 3.05) is 26.2 Å². The van der Waals surface area contributed by atoms with Gasteiger partial charge in [0, 0.05) is 29.8 Å². The van der Waals surface area contributed by atoms with Gasteiger partial charge in [0.25, 0.3) is 0 Å². The lowest BCUT2D eigenvalue weighted by atomic mass is 9.81. The Morgan fingerprint density at radius 3 is 2.80 bits per heavy atom. The van der Waals surface area contributed by atoms with E-state index in [0.717, 1.165) is 46.0 Å². The van der Waals surface area contributed by atoms with Gasteiger partial charge in [-0.1, -0.05) is 6.07 Å². The van der Waals surface area contributed by atoms with Gasteiger partial charge in [0.05, 0.1) is 19.3 Å². The number of hydrogen-bond acceptors (Lipinski definition) is 5. The van der Waals surface area contributed by atoms with Crippen LogP contribution in [0.2, 0.25) is 0 Å². The van der Waals surface area contributed by atoms with E-state index >= 15 is 0 Å². The molecule has 0 spiro atoms. The smallest absolute Gasteiger partial charge is 0.147 e. The zero-order valence-corrected chi connectivity index (χ0v) is 17.2. The van der Waals surface area contributed by atoms with Gasteiger partial charge >= 0.3 is 0 Å². The minimum atomic E-state index is -0.254. The van der Waals surface area contributed by atoms with Crippen LogP contribution in [-0.4, -0.2) is 42.7 Å². The van der Waals surface area contributed by atoms with Crippen LogP contribution in [0.5, 0.6) is 5.75 Å². The molecule has 5 heteroatoms. The number of fused-ring (bicyclic) bond motifs is 3. The fourth-order valence-corrected chi connectivity index (χ4v) is 4.90. The van der Waals surface area contributed by atoms with Gasteiger partial charge in [-0.2, -0.15) is 0 Å². The lowest BCUT2D eigenvalue weighted by Gasteiger charge is -2.19. The van der Waals surface area contributed by atoms with Crippen LogP contribution >= 0.6 is 0 Å². The number of Topliss-reactive ketones (excluding diaryl/α,β-unsaturated/α-hetero) is 2. The summed E-state index contributed by atoms with van der Waals surface area (Å²) in [6.07, 6.45) is 6.44. The van der Waals surface area contributed by atoms with Crippen molar-refractivity contribution in [2.24, 2.45) is 0 Å². The van der Waals surface area contributed by atoms with Crippen molar-refractivity contribution in [3.8, 4) is 5.75 Å². The van der Waals surface area contributed by atoms with Crippen molar-refractivity contribution in [1.29, 1.82) is 0 Å². The second-order valence-electron chi connectivity index (χ2n) is 8.54. The lowest BCUT2D eigenvalue weighted by Crippen LogP contribution is -2.23. The molecule has 1 aliphatic heterocycles. The molecule has 2 fully saturated rings. The summed E-state index contributed by atoms with van der Waals surface area (Å²) in [5, 5.41) is 3.12. The van der Waals surface area contributed by atoms with Gasteiger partial charge in [-0.25, -0.2) is 0 Å². The maximum atomic E-state index is 12.5. The van der Waals surface area contributed by atoms with Gasteiger partial charge in [0.2, 0.25) is 0 Å². The normalized spacial score (nSPS) is 20.5. The van der Waals surface area contributed by atoms with Crippen LogP contribution in [0.3, 0.4) is 0 Å². The Labute approximate surface area is 176 Å². The molecule has 2 aromatic carbocycles. The average molecular weight is 405 g/mol. The van der Waals surface area contributed by atoms with Crippen molar-refractivity contribution in [3.63, 3.8) is 0 Å². The Morgan fingerprint density at radius 2 is 1.97 bits per heavy atom. The summed E-state index contributed by atoms with van der Waals surface area (Å²) in [7, 11) is 0. The van der Waals surface area contributed by atoms with Gasteiger partial charge in [-0.15, -0.1) is 0 Å². The maximum absolute atomic E-state index is 12.5. The van der Waals surface area contributed by atoms with Crippen molar-refractivity contribution >= 4 is 33.3 Å². The maximum Gasteiger partial charge on any atom is 0.147 e. The van der Waals surface area contributed by atoms with E-state index in [-0.39, 0.29) is 23.9 Å². The first-order chi connectivity index (χ1) is 14.7. The Morgan fingerprint density at radius 1 is 1.10 bits per heavy atom. The molecule has 0 bridgehead atoms. The number of ether oxygens (including phenoxy) is 1. The molecular weight excluding hydrogens is 378 g/mol. The van der Waals surface area contributed by atoms with Crippen LogP contribution < -0.4 is 4.74 Å². The third-order valence-electron chi connectivity index (χ3n) is 6.49. The first-order valence-corrected chi connectivity index (χ1v) is 11.0. The Bertz CT molecular complexity index is 1090. The highest BCUT2D eigenvalue weighted by Crippen LogP contribution is 2.38. The van der Waals surface area contributed by atoms with Crippen LogP contribution in [0.15, 0.2) is 41.0 Å². The van der Waals surface area contributed by atoms with Gasteiger partial charge in [0.1, 0.15) is 22.9 Å². The highest BCUT2D eigenvalue weighted by Gasteiger charge is 2.31. The summed E-state index contributed by atoms with van der Waals surface area (Å²) in [4.78, 5) is 26.6. The van der Waals surface area contributed by atoms with Crippen LogP contribution in [0, 0.1) is 0 Å². The van der Waals surface area contributed by atoms with Gasteiger partial charge in [-0.3, -0.25) is 9.59 Å². The third kappa shape index (κ3) is 3.74. The number of carbonyl (C=O) groups is 2. The first-order valence-electron chi connectivity index (χ1n) is 11.0. The van der Waals surface area contributed by atoms with E-state index in [1.807, 2.05) is 18.2 Å². The van der Waals surface area contributed by atoms with Crippen molar-refractivity contribution in [3.05, 3.63) is 42.2 Å². The highest BCUT2D eigenvalue weighted by atomic mass is 16.5. The van der Waals surface area contributed by atoms with Crippen LogP contribution in [0.1, 0.15) is 50.0 Å². The molecule has 30 heavy (non-hydrogen) atoms. The number of ketones is 2. The molecule has 5 rings (SSSR count). The molecule has 5 nitrogen and oxygen atoms in total. The lowest BCUT2D eigenvalue weighted by molar-refractivity contribution is -0.130. The topological polar surface area (TPSA) is 59.8 Å². The molecule has 1 saturated carbocycles. The summed E-state index contributed by atoms with van der Waals surface area (Å²) in [5.41, 5.74) is 1.69. The number of rotatable bonds is 6. The Kier molecular flexibility index (Phi) is 5.30. The monoisotopic (exact) mass is 405 g/mol. The van der Waals surface area contributed by atoms with E-state index in [1.54, 1.807) is 6.26 Å². The molecule has 1 atom stereocenters. The molecule has 0 N–H and O–H groups in total. The minimum absolute atomic E-state index is 0.00362. The van der Waals surface area contributed by atoms with Crippen molar-refractivity contribution in [2.45, 2.75) is 44.4 Å². The molecule has 0 radical (unpaired) electrons. The van der Waals surface area contributed by atoms with Gasteiger partial charge in [0.15, 0.2) is 0 Å².